The van der Waals surface area contributed by atoms with Crippen LogP contribution in [0, 0.1) is 26.6 Å². The summed E-state index contributed by atoms with van der Waals surface area (Å²) in [6, 6.07) is 19.8. The lowest BCUT2D eigenvalue weighted by Gasteiger charge is -2.13. The van der Waals surface area contributed by atoms with E-state index >= 15 is 0 Å². The summed E-state index contributed by atoms with van der Waals surface area (Å²) in [5.41, 5.74) is 7.73. The molecule has 5 aromatic rings. The Morgan fingerprint density at radius 1 is 0.871 bits per heavy atom. The Bertz CT molecular complexity index is 1490. The van der Waals surface area contributed by atoms with Gasteiger partial charge in [0.25, 0.3) is 5.56 Å². The first-order chi connectivity index (χ1) is 14.9. The van der Waals surface area contributed by atoms with E-state index in [0.717, 1.165) is 11.0 Å². The lowest BCUT2D eigenvalue weighted by atomic mass is 10.00. The summed E-state index contributed by atoms with van der Waals surface area (Å²) in [5.74, 6) is 0.258. The Kier molecular flexibility index (Phi) is 4.47. The van der Waals surface area contributed by atoms with Crippen LogP contribution in [0.25, 0.3) is 28.1 Å². The molecular weight excluding hydrogens is 389 g/mol. The van der Waals surface area contributed by atoms with E-state index in [1.54, 1.807) is 16.5 Å². The zero-order valence-corrected chi connectivity index (χ0v) is 17.7. The van der Waals surface area contributed by atoms with Crippen LogP contribution in [-0.4, -0.2) is 14.0 Å². The fourth-order valence-corrected chi connectivity index (χ4v) is 4.41. The molecule has 0 amide bonds. The summed E-state index contributed by atoms with van der Waals surface area (Å²) in [6.07, 6.45) is 0. The molecule has 0 aliphatic carbocycles. The number of hydrogen-bond acceptors (Lipinski definition) is 2. The highest BCUT2D eigenvalue weighted by Crippen LogP contribution is 2.25. The van der Waals surface area contributed by atoms with Crippen LogP contribution in [-0.2, 0) is 6.54 Å². The van der Waals surface area contributed by atoms with Gasteiger partial charge < -0.3 is 4.57 Å². The van der Waals surface area contributed by atoms with Crippen LogP contribution in [0.2, 0.25) is 0 Å². The van der Waals surface area contributed by atoms with Crippen LogP contribution in [0.4, 0.5) is 4.39 Å². The van der Waals surface area contributed by atoms with Crippen molar-refractivity contribution < 1.29 is 4.39 Å². The molecule has 154 valence electrons. The Labute approximate surface area is 179 Å². The third-order valence-corrected chi connectivity index (χ3v) is 5.85. The fraction of sp³-hybridized carbons (Fsp3) is 0.154. The zero-order valence-electron chi connectivity index (χ0n) is 17.7. The molecule has 0 bridgehead atoms. The second kappa shape index (κ2) is 7.20. The summed E-state index contributed by atoms with van der Waals surface area (Å²) in [7, 11) is 0. The van der Waals surface area contributed by atoms with E-state index in [0.29, 0.717) is 23.6 Å². The number of nitrogens with zero attached hydrogens (tertiary/aromatic N) is 3. The number of rotatable bonds is 3. The van der Waals surface area contributed by atoms with Crippen LogP contribution in [0.1, 0.15) is 22.3 Å². The maximum absolute atomic E-state index is 13.4. The van der Waals surface area contributed by atoms with Gasteiger partial charge in [0.15, 0.2) is 0 Å². The van der Waals surface area contributed by atoms with Crippen molar-refractivity contribution in [3.63, 3.8) is 0 Å². The summed E-state index contributed by atoms with van der Waals surface area (Å²) >= 11 is 0. The number of benzene rings is 3. The third kappa shape index (κ3) is 3.22. The van der Waals surface area contributed by atoms with E-state index in [2.05, 4.69) is 37.5 Å². The number of hydrogen-bond donors (Lipinski definition) is 0. The Hall–Kier alpha value is -3.73. The summed E-state index contributed by atoms with van der Waals surface area (Å²) in [6.45, 7) is 6.94. The van der Waals surface area contributed by atoms with Crippen molar-refractivity contribution in [2.45, 2.75) is 27.3 Å². The molecule has 0 radical (unpaired) electrons. The number of fused-ring (bicyclic) bond motifs is 3. The minimum Gasteiger partial charge on any atom is -0.305 e. The van der Waals surface area contributed by atoms with Crippen molar-refractivity contribution in [1.82, 2.24) is 14.0 Å². The Morgan fingerprint density at radius 2 is 1.52 bits per heavy atom. The summed E-state index contributed by atoms with van der Waals surface area (Å²) in [4.78, 5) is 18.0. The molecule has 0 aliphatic rings. The van der Waals surface area contributed by atoms with Gasteiger partial charge in [-0.2, -0.15) is 0 Å². The van der Waals surface area contributed by atoms with Gasteiger partial charge in [0.05, 0.1) is 23.3 Å². The van der Waals surface area contributed by atoms with Crippen molar-refractivity contribution >= 4 is 16.8 Å². The van der Waals surface area contributed by atoms with Gasteiger partial charge in [-0.3, -0.25) is 4.79 Å². The lowest BCUT2D eigenvalue weighted by molar-refractivity contribution is 0.628. The molecule has 4 nitrogen and oxygen atoms in total. The van der Waals surface area contributed by atoms with Gasteiger partial charge >= 0.3 is 0 Å². The first-order valence-corrected chi connectivity index (χ1v) is 10.3. The van der Waals surface area contributed by atoms with Gasteiger partial charge in [-0.15, -0.1) is 0 Å². The van der Waals surface area contributed by atoms with Gasteiger partial charge in [-0.25, -0.2) is 13.8 Å². The van der Waals surface area contributed by atoms with Crippen LogP contribution in [0.5, 0.6) is 0 Å². The molecule has 5 heteroatoms. The first kappa shape index (κ1) is 19.2. The van der Waals surface area contributed by atoms with E-state index in [1.165, 1.54) is 40.5 Å². The topological polar surface area (TPSA) is 39.3 Å². The van der Waals surface area contributed by atoms with Crippen molar-refractivity contribution in [3.8, 4) is 11.3 Å². The van der Waals surface area contributed by atoms with E-state index in [1.807, 2.05) is 24.3 Å². The van der Waals surface area contributed by atoms with Crippen LogP contribution in [0.3, 0.4) is 0 Å². The van der Waals surface area contributed by atoms with Gasteiger partial charge in [-0.05, 0) is 73.9 Å². The van der Waals surface area contributed by atoms with Crippen LogP contribution >= 0.6 is 0 Å². The molecule has 0 saturated heterocycles. The van der Waals surface area contributed by atoms with E-state index in [9.17, 15) is 9.18 Å². The highest BCUT2D eigenvalue weighted by atomic mass is 19.1. The molecular formula is C26H22FN3O. The van der Waals surface area contributed by atoms with E-state index < -0.39 is 0 Å². The Balaban J connectivity index is 1.80. The number of imidazole rings is 1. The predicted molar refractivity (Wildman–Crippen MR) is 122 cm³/mol. The molecule has 2 heterocycles. The summed E-state index contributed by atoms with van der Waals surface area (Å²) in [5, 5.41) is 0. The molecule has 0 N–H and O–H groups in total. The lowest BCUT2D eigenvalue weighted by Crippen LogP contribution is -2.15. The van der Waals surface area contributed by atoms with Crippen molar-refractivity contribution in [1.29, 1.82) is 0 Å². The minimum atomic E-state index is -0.319. The van der Waals surface area contributed by atoms with Gasteiger partial charge in [-0.1, -0.05) is 29.8 Å². The minimum absolute atomic E-state index is 0.156. The molecule has 2 aromatic heterocycles. The molecule has 3 aromatic carbocycles. The number of aromatic nitrogens is 3. The quantitative estimate of drug-likeness (QED) is 0.397. The van der Waals surface area contributed by atoms with Crippen LogP contribution in [0.15, 0.2) is 71.5 Å². The third-order valence-electron chi connectivity index (χ3n) is 5.85. The molecule has 0 atom stereocenters. The monoisotopic (exact) mass is 411 g/mol. The average molecular weight is 411 g/mol. The maximum atomic E-state index is 13.4. The van der Waals surface area contributed by atoms with Crippen molar-refractivity contribution in [3.05, 3.63) is 105 Å². The standard InChI is InChI=1S/C26H22FN3O/c1-16-12-17(2)21(18(3)13-16)15-29-23-6-4-5-7-24(23)30-25(31)14-22(28-26(29)30)19-8-10-20(27)11-9-19/h4-14H,15H2,1-3H3. The SMILES string of the molecule is Cc1cc(C)c(Cn2c3ccccc3n3c(=O)cc(-c4ccc(F)cc4)nc23)c(C)c1. The van der Waals surface area contributed by atoms with Gasteiger partial charge in [0, 0.05) is 11.6 Å². The maximum Gasteiger partial charge on any atom is 0.260 e. The second-order valence-corrected chi connectivity index (χ2v) is 8.07. The first-order valence-electron chi connectivity index (χ1n) is 10.3. The molecule has 31 heavy (non-hydrogen) atoms. The van der Waals surface area contributed by atoms with Gasteiger partial charge in [0.2, 0.25) is 5.78 Å². The molecule has 0 saturated carbocycles. The zero-order chi connectivity index (χ0) is 21.7. The van der Waals surface area contributed by atoms with Crippen molar-refractivity contribution in [2.75, 3.05) is 0 Å². The number of aryl methyl sites for hydroxylation is 3. The second-order valence-electron chi connectivity index (χ2n) is 8.07. The largest absolute Gasteiger partial charge is 0.305 e. The molecule has 0 fully saturated rings. The highest BCUT2D eigenvalue weighted by Gasteiger charge is 2.17. The average Bonchev–Trinajstić information content (AvgIpc) is 3.05. The fourth-order valence-electron chi connectivity index (χ4n) is 4.41. The molecule has 0 aliphatic heterocycles. The normalized spacial score (nSPS) is 11.5. The molecule has 0 spiro atoms. The van der Waals surface area contributed by atoms with Crippen LogP contribution < -0.4 is 5.56 Å². The van der Waals surface area contributed by atoms with Gasteiger partial charge in [0.1, 0.15) is 5.82 Å². The van der Waals surface area contributed by atoms with E-state index in [4.69, 9.17) is 4.98 Å². The molecule has 5 rings (SSSR count). The Morgan fingerprint density at radius 3 is 2.19 bits per heavy atom. The number of para-hydroxylation sites is 2. The predicted octanol–water partition coefficient (Wildman–Crippen LogP) is 5.43. The van der Waals surface area contributed by atoms with Crippen molar-refractivity contribution in [2.24, 2.45) is 0 Å². The molecule has 0 unspecified atom stereocenters. The highest BCUT2D eigenvalue weighted by molar-refractivity contribution is 5.81. The van der Waals surface area contributed by atoms with E-state index in [-0.39, 0.29) is 11.4 Å². The number of halogens is 1. The summed E-state index contributed by atoms with van der Waals surface area (Å²) < 4.78 is 17.1. The smallest absolute Gasteiger partial charge is 0.260 e.